The molecule has 20 heavy (non-hydrogen) atoms. The molecule has 1 aliphatic heterocycles. The average molecular weight is 280 g/mol. The molecule has 0 bridgehead atoms. The number of benzene rings is 1. The molecule has 2 aliphatic rings. The topological polar surface area (TPSA) is 15.3 Å². The second kappa shape index (κ2) is 5.32. The van der Waals surface area contributed by atoms with E-state index in [-0.39, 0.29) is 6.04 Å². The molecule has 2 atom stereocenters. The van der Waals surface area contributed by atoms with Crippen molar-refractivity contribution in [1.82, 2.24) is 5.32 Å². The standard InChI is InChI=1S/C16H22F2N2/c1-10(2)16-8-19-15(11-3-4-11)9-20(16)14-6-12(17)5-13(18)7-14/h5-7,10-11,15-16,19H,3-4,8-9H2,1-2H3. The van der Waals surface area contributed by atoms with Crippen LogP contribution in [-0.2, 0) is 0 Å². The Hall–Kier alpha value is -1.16. The van der Waals surface area contributed by atoms with Gasteiger partial charge < -0.3 is 10.2 Å². The lowest BCUT2D eigenvalue weighted by Crippen LogP contribution is -2.59. The van der Waals surface area contributed by atoms with Gasteiger partial charge in [-0.05, 0) is 36.8 Å². The number of hydrogen-bond acceptors (Lipinski definition) is 2. The van der Waals surface area contributed by atoms with Crippen molar-refractivity contribution in [2.24, 2.45) is 11.8 Å². The summed E-state index contributed by atoms with van der Waals surface area (Å²) in [4.78, 5) is 2.19. The van der Waals surface area contributed by atoms with Gasteiger partial charge in [-0.2, -0.15) is 0 Å². The van der Waals surface area contributed by atoms with E-state index in [9.17, 15) is 8.78 Å². The van der Waals surface area contributed by atoms with Gasteiger partial charge in [0.15, 0.2) is 0 Å². The van der Waals surface area contributed by atoms with Crippen LogP contribution in [0, 0.1) is 23.5 Å². The molecule has 3 rings (SSSR count). The molecule has 2 fully saturated rings. The van der Waals surface area contributed by atoms with Gasteiger partial charge in [-0.15, -0.1) is 0 Å². The molecule has 0 amide bonds. The molecular formula is C16H22F2N2. The largest absolute Gasteiger partial charge is 0.365 e. The highest BCUT2D eigenvalue weighted by Gasteiger charge is 2.38. The fraction of sp³-hybridized carbons (Fsp3) is 0.625. The van der Waals surface area contributed by atoms with Gasteiger partial charge in [0.05, 0.1) is 0 Å². The second-order valence-electron chi connectivity index (χ2n) is 6.44. The molecular weight excluding hydrogens is 258 g/mol. The summed E-state index contributed by atoms with van der Waals surface area (Å²) in [7, 11) is 0. The van der Waals surface area contributed by atoms with Crippen molar-refractivity contribution >= 4 is 5.69 Å². The zero-order valence-electron chi connectivity index (χ0n) is 12.1. The van der Waals surface area contributed by atoms with E-state index in [4.69, 9.17) is 0 Å². The van der Waals surface area contributed by atoms with Crippen LogP contribution in [0.1, 0.15) is 26.7 Å². The Morgan fingerprint density at radius 2 is 1.80 bits per heavy atom. The van der Waals surface area contributed by atoms with Crippen molar-refractivity contribution in [2.75, 3.05) is 18.0 Å². The van der Waals surface area contributed by atoms with E-state index < -0.39 is 11.6 Å². The summed E-state index contributed by atoms with van der Waals surface area (Å²) in [6.45, 7) is 6.05. The number of nitrogens with one attached hydrogen (secondary N) is 1. The van der Waals surface area contributed by atoms with Gasteiger partial charge in [0, 0.05) is 36.9 Å². The lowest BCUT2D eigenvalue weighted by molar-refractivity contribution is 0.319. The summed E-state index contributed by atoms with van der Waals surface area (Å²) in [5, 5.41) is 3.61. The van der Waals surface area contributed by atoms with Crippen LogP contribution in [0.2, 0.25) is 0 Å². The first-order valence-electron chi connectivity index (χ1n) is 7.50. The summed E-state index contributed by atoms with van der Waals surface area (Å²) >= 11 is 0. The molecule has 1 saturated carbocycles. The van der Waals surface area contributed by atoms with Gasteiger partial charge in [-0.1, -0.05) is 13.8 Å². The molecule has 1 N–H and O–H groups in total. The highest BCUT2D eigenvalue weighted by atomic mass is 19.1. The van der Waals surface area contributed by atoms with Crippen LogP contribution in [0.15, 0.2) is 18.2 Å². The van der Waals surface area contributed by atoms with Crippen molar-refractivity contribution in [1.29, 1.82) is 0 Å². The molecule has 1 heterocycles. The molecule has 0 aromatic heterocycles. The summed E-state index contributed by atoms with van der Waals surface area (Å²) in [5.41, 5.74) is 0.674. The normalized spacial score (nSPS) is 27.1. The van der Waals surface area contributed by atoms with Crippen LogP contribution in [0.4, 0.5) is 14.5 Å². The zero-order valence-corrected chi connectivity index (χ0v) is 12.1. The van der Waals surface area contributed by atoms with Crippen molar-refractivity contribution in [2.45, 2.75) is 38.8 Å². The van der Waals surface area contributed by atoms with E-state index in [1.165, 1.54) is 25.0 Å². The molecule has 1 aromatic carbocycles. The van der Waals surface area contributed by atoms with Crippen LogP contribution in [0.25, 0.3) is 0 Å². The lowest BCUT2D eigenvalue weighted by atomic mass is 9.96. The number of halogens is 2. The van der Waals surface area contributed by atoms with Crippen LogP contribution in [0.3, 0.4) is 0 Å². The van der Waals surface area contributed by atoms with Crippen molar-refractivity contribution in [3.8, 4) is 0 Å². The van der Waals surface area contributed by atoms with E-state index in [0.29, 0.717) is 17.6 Å². The van der Waals surface area contributed by atoms with Gasteiger partial charge in [0.25, 0.3) is 0 Å². The fourth-order valence-electron chi connectivity index (χ4n) is 3.21. The lowest BCUT2D eigenvalue weighted by Gasteiger charge is -2.44. The van der Waals surface area contributed by atoms with Crippen molar-refractivity contribution < 1.29 is 8.78 Å². The second-order valence-corrected chi connectivity index (χ2v) is 6.44. The van der Waals surface area contributed by atoms with Gasteiger partial charge in [0.1, 0.15) is 11.6 Å². The maximum Gasteiger partial charge on any atom is 0.128 e. The quantitative estimate of drug-likeness (QED) is 0.915. The fourth-order valence-corrected chi connectivity index (χ4v) is 3.21. The third-order valence-corrected chi connectivity index (χ3v) is 4.52. The first kappa shape index (κ1) is 13.8. The number of anilines is 1. The summed E-state index contributed by atoms with van der Waals surface area (Å²) in [5.74, 6) is 0.186. The molecule has 4 heteroatoms. The third-order valence-electron chi connectivity index (χ3n) is 4.52. The van der Waals surface area contributed by atoms with E-state index in [0.717, 1.165) is 25.1 Å². The van der Waals surface area contributed by atoms with E-state index in [1.54, 1.807) is 0 Å². The number of rotatable bonds is 3. The summed E-state index contributed by atoms with van der Waals surface area (Å²) < 4.78 is 27.0. The highest BCUT2D eigenvalue weighted by molar-refractivity contribution is 5.49. The van der Waals surface area contributed by atoms with E-state index in [2.05, 4.69) is 24.1 Å². The highest BCUT2D eigenvalue weighted by Crippen LogP contribution is 2.36. The minimum Gasteiger partial charge on any atom is -0.365 e. The van der Waals surface area contributed by atoms with Crippen molar-refractivity contribution in [3.05, 3.63) is 29.8 Å². The van der Waals surface area contributed by atoms with Crippen LogP contribution >= 0.6 is 0 Å². The molecule has 1 aliphatic carbocycles. The minimum absolute atomic E-state index is 0.284. The van der Waals surface area contributed by atoms with Gasteiger partial charge in [0.2, 0.25) is 0 Å². The summed E-state index contributed by atoms with van der Waals surface area (Å²) in [6, 6.07) is 4.58. The Labute approximate surface area is 119 Å². The summed E-state index contributed by atoms with van der Waals surface area (Å²) in [6.07, 6.45) is 2.55. The monoisotopic (exact) mass is 280 g/mol. The first-order valence-corrected chi connectivity index (χ1v) is 7.50. The molecule has 2 nitrogen and oxygen atoms in total. The number of piperazine rings is 1. The predicted octanol–water partition coefficient (Wildman–Crippen LogP) is 3.18. The van der Waals surface area contributed by atoms with Gasteiger partial charge in [-0.3, -0.25) is 0 Å². The van der Waals surface area contributed by atoms with E-state index in [1.807, 2.05) is 0 Å². The SMILES string of the molecule is CC(C)C1CNC(C2CC2)CN1c1cc(F)cc(F)c1. The van der Waals surface area contributed by atoms with Crippen LogP contribution in [-0.4, -0.2) is 25.2 Å². The van der Waals surface area contributed by atoms with Crippen LogP contribution < -0.4 is 10.2 Å². The third kappa shape index (κ3) is 2.80. The van der Waals surface area contributed by atoms with Gasteiger partial charge >= 0.3 is 0 Å². The van der Waals surface area contributed by atoms with Crippen LogP contribution in [0.5, 0.6) is 0 Å². The number of nitrogens with zero attached hydrogens (tertiary/aromatic N) is 1. The molecule has 1 saturated heterocycles. The zero-order chi connectivity index (χ0) is 14.3. The Balaban J connectivity index is 1.87. The predicted molar refractivity (Wildman–Crippen MR) is 76.8 cm³/mol. The van der Waals surface area contributed by atoms with E-state index >= 15 is 0 Å². The Kier molecular flexibility index (Phi) is 3.67. The maximum absolute atomic E-state index is 13.5. The first-order chi connectivity index (χ1) is 9.54. The van der Waals surface area contributed by atoms with Gasteiger partial charge in [-0.25, -0.2) is 8.78 Å². The Morgan fingerprint density at radius 1 is 1.15 bits per heavy atom. The Bertz CT molecular complexity index is 465. The van der Waals surface area contributed by atoms with Crippen molar-refractivity contribution in [3.63, 3.8) is 0 Å². The Morgan fingerprint density at radius 3 is 2.35 bits per heavy atom. The number of hydrogen-bond donors (Lipinski definition) is 1. The molecule has 1 aromatic rings. The maximum atomic E-state index is 13.5. The molecule has 2 unspecified atom stereocenters. The molecule has 110 valence electrons. The molecule has 0 radical (unpaired) electrons. The smallest absolute Gasteiger partial charge is 0.128 e. The minimum atomic E-state index is -0.496. The average Bonchev–Trinajstić information content (AvgIpc) is 3.21. The molecule has 0 spiro atoms.